The predicted molar refractivity (Wildman–Crippen MR) is 71.5 cm³/mol. The topological polar surface area (TPSA) is 41.1 Å². The molecule has 0 bridgehead atoms. The summed E-state index contributed by atoms with van der Waals surface area (Å²) in [7, 11) is 0. The minimum absolute atomic E-state index is 0.173. The van der Waals surface area contributed by atoms with E-state index in [0.29, 0.717) is 0 Å². The van der Waals surface area contributed by atoms with Gasteiger partial charge in [0.1, 0.15) is 0 Å². The molecule has 0 saturated carbocycles. The van der Waals surface area contributed by atoms with Crippen molar-refractivity contribution in [2.75, 3.05) is 26.2 Å². The molecule has 96 valence electrons. The molecule has 4 nitrogen and oxygen atoms in total. The Morgan fingerprint density at radius 2 is 2.44 bits per heavy atom. The van der Waals surface area contributed by atoms with Crippen molar-refractivity contribution in [3.05, 3.63) is 30.0 Å². The first kappa shape index (κ1) is 11.7. The summed E-state index contributed by atoms with van der Waals surface area (Å²) in [4.78, 5) is 2.48. The lowest BCUT2D eigenvalue weighted by Gasteiger charge is -2.33. The van der Waals surface area contributed by atoms with Crippen molar-refractivity contribution in [3.63, 3.8) is 0 Å². The number of nitrogens with one attached hydrogen (secondary N) is 1. The number of H-pyrrole nitrogens is 1. The zero-order valence-corrected chi connectivity index (χ0v) is 10.7. The molecule has 2 aromatic rings. The van der Waals surface area contributed by atoms with Crippen molar-refractivity contribution in [3.8, 4) is 0 Å². The molecule has 0 aliphatic carbocycles. The molecule has 1 saturated heterocycles. The zero-order valence-electron chi connectivity index (χ0n) is 10.7. The van der Waals surface area contributed by atoms with Gasteiger partial charge in [0, 0.05) is 18.5 Å². The quantitative estimate of drug-likeness (QED) is 0.902. The third-order valence-corrected chi connectivity index (χ3v) is 3.56. The average molecular weight is 245 g/mol. The van der Waals surface area contributed by atoms with Crippen LogP contribution < -0.4 is 0 Å². The van der Waals surface area contributed by atoms with Gasteiger partial charge in [-0.1, -0.05) is 19.1 Å². The van der Waals surface area contributed by atoms with Crippen LogP contribution in [0.2, 0.25) is 0 Å². The maximum atomic E-state index is 5.93. The van der Waals surface area contributed by atoms with Gasteiger partial charge in [-0.15, -0.1) is 0 Å². The third kappa shape index (κ3) is 2.13. The molecule has 1 aromatic heterocycles. The van der Waals surface area contributed by atoms with E-state index in [4.69, 9.17) is 4.74 Å². The third-order valence-electron chi connectivity index (χ3n) is 3.56. The minimum Gasteiger partial charge on any atom is -0.371 e. The van der Waals surface area contributed by atoms with Crippen molar-refractivity contribution in [2.24, 2.45) is 0 Å². The van der Waals surface area contributed by atoms with Gasteiger partial charge in [0.15, 0.2) is 0 Å². The monoisotopic (exact) mass is 245 g/mol. The summed E-state index contributed by atoms with van der Waals surface area (Å²) < 4.78 is 5.93. The Morgan fingerprint density at radius 3 is 3.33 bits per heavy atom. The number of benzene rings is 1. The molecule has 0 unspecified atom stereocenters. The van der Waals surface area contributed by atoms with Crippen molar-refractivity contribution < 1.29 is 4.74 Å². The van der Waals surface area contributed by atoms with E-state index in [9.17, 15) is 0 Å². The number of rotatable bonds is 3. The summed E-state index contributed by atoms with van der Waals surface area (Å²) in [6.07, 6.45) is 3.27. The fraction of sp³-hybridized carbons (Fsp3) is 0.500. The molecule has 2 heterocycles. The summed E-state index contributed by atoms with van der Waals surface area (Å²) in [6, 6.07) is 6.27. The summed E-state index contributed by atoms with van der Waals surface area (Å²) in [6.45, 7) is 6.23. The number of hydrogen-bond donors (Lipinski definition) is 1. The highest BCUT2D eigenvalue weighted by molar-refractivity contribution is 5.81. The molecule has 1 aliphatic rings. The lowest BCUT2D eigenvalue weighted by atomic mass is 10.0. The molecule has 0 radical (unpaired) electrons. The van der Waals surface area contributed by atoms with Gasteiger partial charge in [-0.25, -0.2) is 0 Å². The van der Waals surface area contributed by atoms with Crippen molar-refractivity contribution in [1.82, 2.24) is 15.1 Å². The number of aromatic amines is 1. The maximum Gasteiger partial charge on any atom is 0.0959 e. The molecule has 18 heavy (non-hydrogen) atoms. The van der Waals surface area contributed by atoms with Crippen LogP contribution in [0.15, 0.2) is 24.4 Å². The van der Waals surface area contributed by atoms with Crippen LogP contribution in [0.3, 0.4) is 0 Å². The highest BCUT2D eigenvalue weighted by atomic mass is 16.5. The molecule has 1 fully saturated rings. The average Bonchev–Trinajstić information content (AvgIpc) is 2.87. The Kier molecular flexibility index (Phi) is 3.30. The van der Waals surface area contributed by atoms with Gasteiger partial charge < -0.3 is 4.74 Å². The zero-order chi connectivity index (χ0) is 12.4. The van der Waals surface area contributed by atoms with Gasteiger partial charge >= 0.3 is 0 Å². The molecular formula is C14H19N3O. The van der Waals surface area contributed by atoms with E-state index in [-0.39, 0.29) is 6.10 Å². The number of fused-ring (bicyclic) bond motifs is 1. The lowest BCUT2D eigenvalue weighted by Crippen LogP contribution is -2.38. The maximum absolute atomic E-state index is 5.93. The normalized spacial score (nSPS) is 21.5. The number of morpholine rings is 1. The van der Waals surface area contributed by atoms with Crippen LogP contribution in [0.4, 0.5) is 0 Å². The fourth-order valence-corrected chi connectivity index (χ4v) is 2.68. The van der Waals surface area contributed by atoms with Crippen LogP contribution in [0.1, 0.15) is 25.0 Å². The Hall–Kier alpha value is -1.39. The molecule has 0 amide bonds. The molecule has 3 rings (SSSR count). The summed E-state index contributed by atoms with van der Waals surface area (Å²) in [5.41, 5.74) is 2.34. The first-order valence-electron chi connectivity index (χ1n) is 6.64. The number of hydrogen-bond acceptors (Lipinski definition) is 3. The van der Waals surface area contributed by atoms with Gasteiger partial charge in [-0.05, 0) is 24.6 Å². The van der Waals surface area contributed by atoms with E-state index in [1.807, 2.05) is 6.20 Å². The Labute approximate surface area is 107 Å². The molecule has 0 spiro atoms. The SMILES string of the molecule is CCCN1CCO[C@@H](c2cccc3[nH]ncc23)C1. The first-order chi connectivity index (χ1) is 8.88. The first-order valence-corrected chi connectivity index (χ1v) is 6.64. The van der Waals surface area contributed by atoms with Gasteiger partial charge in [0.05, 0.1) is 24.4 Å². The lowest BCUT2D eigenvalue weighted by molar-refractivity contribution is -0.0291. The van der Waals surface area contributed by atoms with Gasteiger partial charge in [-0.2, -0.15) is 5.10 Å². The van der Waals surface area contributed by atoms with Crippen LogP contribution in [0.5, 0.6) is 0 Å². The van der Waals surface area contributed by atoms with Crippen LogP contribution in [-0.4, -0.2) is 41.3 Å². The van der Waals surface area contributed by atoms with E-state index in [1.54, 1.807) is 0 Å². The highest BCUT2D eigenvalue weighted by Gasteiger charge is 2.23. The van der Waals surface area contributed by atoms with Gasteiger partial charge in [0.25, 0.3) is 0 Å². The largest absolute Gasteiger partial charge is 0.371 e. The fourth-order valence-electron chi connectivity index (χ4n) is 2.68. The molecule has 1 aliphatic heterocycles. The molecule has 4 heteroatoms. The van der Waals surface area contributed by atoms with Crippen molar-refractivity contribution >= 4 is 10.9 Å². The summed E-state index contributed by atoms with van der Waals surface area (Å²) >= 11 is 0. The van der Waals surface area contributed by atoms with Crippen LogP contribution in [0.25, 0.3) is 10.9 Å². The second-order valence-electron chi connectivity index (χ2n) is 4.84. The van der Waals surface area contributed by atoms with Crippen molar-refractivity contribution in [2.45, 2.75) is 19.4 Å². The molecular weight excluding hydrogens is 226 g/mol. The van der Waals surface area contributed by atoms with Gasteiger partial charge in [0.2, 0.25) is 0 Å². The Balaban J connectivity index is 1.87. The second kappa shape index (κ2) is 5.08. The standard InChI is InChI=1S/C14H19N3O/c1-2-6-17-7-8-18-14(10-17)11-4-3-5-13-12(11)9-15-16-13/h3-5,9,14H,2,6-8,10H2,1H3,(H,15,16)/t14-/m1/s1. The Morgan fingerprint density at radius 1 is 1.50 bits per heavy atom. The molecule has 1 aromatic carbocycles. The van der Waals surface area contributed by atoms with E-state index in [2.05, 4.69) is 40.2 Å². The molecule has 1 atom stereocenters. The van der Waals surface area contributed by atoms with E-state index < -0.39 is 0 Å². The molecule has 1 N–H and O–H groups in total. The van der Waals surface area contributed by atoms with Crippen molar-refractivity contribution in [1.29, 1.82) is 0 Å². The number of nitrogens with zero attached hydrogens (tertiary/aromatic N) is 2. The Bertz CT molecular complexity index is 520. The highest BCUT2D eigenvalue weighted by Crippen LogP contribution is 2.28. The second-order valence-corrected chi connectivity index (χ2v) is 4.84. The number of aromatic nitrogens is 2. The van der Waals surface area contributed by atoms with E-state index >= 15 is 0 Å². The predicted octanol–water partition coefficient (Wildman–Crippen LogP) is 2.35. The minimum atomic E-state index is 0.173. The van der Waals surface area contributed by atoms with Gasteiger partial charge in [-0.3, -0.25) is 10.00 Å². The summed E-state index contributed by atoms with van der Waals surface area (Å²) in [5, 5.41) is 8.32. The van der Waals surface area contributed by atoms with Crippen LogP contribution >= 0.6 is 0 Å². The summed E-state index contributed by atoms with van der Waals surface area (Å²) in [5.74, 6) is 0. The van der Waals surface area contributed by atoms with Crippen LogP contribution in [-0.2, 0) is 4.74 Å². The van der Waals surface area contributed by atoms with E-state index in [0.717, 1.165) is 31.8 Å². The number of ether oxygens (including phenoxy) is 1. The van der Waals surface area contributed by atoms with Crippen LogP contribution in [0, 0.1) is 0 Å². The smallest absolute Gasteiger partial charge is 0.0959 e. The van der Waals surface area contributed by atoms with E-state index in [1.165, 1.54) is 17.4 Å².